The van der Waals surface area contributed by atoms with Gasteiger partial charge in [0.15, 0.2) is 0 Å². The summed E-state index contributed by atoms with van der Waals surface area (Å²) in [4.78, 5) is 6.93. The molecule has 3 N–H and O–H groups in total. The van der Waals surface area contributed by atoms with E-state index in [0.717, 1.165) is 18.5 Å². The third kappa shape index (κ3) is 3.09. The zero-order chi connectivity index (χ0) is 14.9. The van der Waals surface area contributed by atoms with E-state index in [2.05, 4.69) is 14.7 Å². The number of nitrogens with two attached hydrogens (primary N) is 1. The van der Waals surface area contributed by atoms with Gasteiger partial charge < -0.3 is 5.73 Å². The molecule has 2 rings (SSSR count). The molecule has 0 radical (unpaired) electrons. The molecule has 6 nitrogen and oxygen atoms in total. The van der Waals surface area contributed by atoms with Crippen molar-refractivity contribution in [3.8, 4) is 0 Å². The standard InChI is InChI=1S/C10H7Cl2FN4O2S/c11-5-1-6(13)7(14)2-8(5)20(18,19)17-10-3-9(12)15-4-16-10/h1-4H,14H2,(H,15,16,17). The van der Waals surface area contributed by atoms with Crippen LogP contribution in [0.3, 0.4) is 0 Å². The average molecular weight is 337 g/mol. The molecule has 10 heteroatoms. The minimum absolute atomic E-state index is 0.0519. The van der Waals surface area contributed by atoms with Crippen LogP contribution >= 0.6 is 23.2 Å². The number of rotatable bonds is 3. The Morgan fingerprint density at radius 3 is 2.55 bits per heavy atom. The molecule has 0 unspecified atom stereocenters. The van der Waals surface area contributed by atoms with E-state index < -0.39 is 15.8 Å². The van der Waals surface area contributed by atoms with Crippen LogP contribution in [0.5, 0.6) is 0 Å². The van der Waals surface area contributed by atoms with Gasteiger partial charge in [-0.3, -0.25) is 4.72 Å². The molecule has 0 aliphatic carbocycles. The first-order valence-corrected chi connectivity index (χ1v) is 7.28. The number of nitrogens with zero attached hydrogens (tertiary/aromatic N) is 2. The molecule has 0 aliphatic rings. The number of nitrogens with one attached hydrogen (secondary N) is 1. The Morgan fingerprint density at radius 2 is 1.90 bits per heavy atom. The third-order valence-corrected chi connectivity index (χ3v) is 4.24. The van der Waals surface area contributed by atoms with Crippen LogP contribution in [0.2, 0.25) is 10.2 Å². The van der Waals surface area contributed by atoms with Crippen LogP contribution in [0.15, 0.2) is 29.4 Å². The highest BCUT2D eigenvalue weighted by atomic mass is 35.5. The lowest BCUT2D eigenvalue weighted by Gasteiger charge is -2.09. The molecule has 0 bridgehead atoms. The van der Waals surface area contributed by atoms with Gasteiger partial charge in [0.1, 0.15) is 28.0 Å². The topological polar surface area (TPSA) is 98.0 Å². The molecule has 1 aromatic carbocycles. The van der Waals surface area contributed by atoms with Gasteiger partial charge in [-0.25, -0.2) is 22.8 Å². The molecule has 0 atom stereocenters. The molecular formula is C10H7Cl2FN4O2S. The second-order valence-electron chi connectivity index (χ2n) is 3.64. The van der Waals surface area contributed by atoms with Crippen molar-refractivity contribution in [3.63, 3.8) is 0 Å². The number of hydrogen-bond acceptors (Lipinski definition) is 5. The van der Waals surface area contributed by atoms with Crippen molar-refractivity contribution in [1.29, 1.82) is 0 Å². The summed E-state index contributed by atoms with van der Waals surface area (Å²) in [5, 5.41) is -0.244. The smallest absolute Gasteiger partial charge is 0.264 e. The maximum absolute atomic E-state index is 13.2. The molecule has 2 aromatic rings. The summed E-state index contributed by atoms with van der Waals surface area (Å²) >= 11 is 11.3. The molecule has 0 fully saturated rings. The van der Waals surface area contributed by atoms with Gasteiger partial charge in [-0.05, 0) is 12.1 Å². The minimum atomic E-state index is -4.08. The van der Waals surface area contributed by atoms with Crippen molar-refractivity contribution in [2.75, 3.05) is 10.5 Å². The molecule has 1 aromatic heterocycles. The first kappa shape index (κ1) is 14.8. The molecule has 0 saturated carbocycles. The lowest BCUT2D eigenvalue weighted by atomic mass is 10.3. The molecule has 20 heavy (non-hydrogen) atoms. The van der Waals surface area contributed by atoms with E-state index in [1.54, 1.807) is 0 Å². The molecule has 0 aliphatic heterocycles. The van der Waals surface area contributed by atoms with Gasteiger partial charge in [0.2, 0.25) is 0 Å². The molecule has 106 valence electrons. The van der Waals surface area contributed by atoms with E-state index >= 15 is 0 Å². The van der Waals surface area contributed by atoms with Crippen molar-refractivity contribution < 1.29 is 12.8 Å². The number of aromatic nitrogens is 2. The van der Waals surface area contributed by atoms with Gasteiger partial charge in [0.05, 0.1) is 10.7 Å². The number of halogens is 3. The van der Waals surface area contributed by atoms with Gasteiger partial charge in [-0.15, -0.1) is 0 Å². The first-order valence-electron chi connectivity index (χ1n) is 5.04. The zero-order valence-corrected chi connectivity index (χ0v) is 12.0. The van der Waals surface area contributed by atoms with Crippen LogP contribution in [0.25, 0.3) is 0 Å². The normalized spacial score (nSPS) is 11.3. The lowest BCUT2D eigenvalue weighted by molar-refractivity contribution is 0.600. The van der Waals surface area contributed by atoms with Crippen molar-refractivity contribution in [2.45, 2.75) is 4.90 Å². The van der Waals surface area contributed by atoms with E-state index in [-0.39, 0.29) is 26.6 Å². The Hall–Kier alpha value is -1.64. The van der Waals surface area contributed by atoms with Crippen LogP contribution in [0, 0.1) is 5.82 Å². The van der Waals surface area contributed by atoms with Crippen LogP contribution < -0.4 is 10.5 Å². The summed E-state index contributed by atoms with van der Waals surface area (Å²) in [6, 6.07) is 2.95. The van der Waals surface area contributed by atoms with Gasteiger partial charge in [0.25, 0.3) is 10.0 Å². The second kappa shape index (κ2) is 5.39. The fourth-order valence-electron chi connectivity index (χ4n) is 1.33. The molecule has 0 amide bonds. The monoisotopic (exact) mass is 336 g/mol. The summed E-state index contributed by atoms with van der Waals surface area (Å²) in [7, 11) is -4.08. The van der Waals surface area contributed by atoms with Gasteiger partial charge in [-0.1, -0.05) is 23.2 Å². The Balaban J connectivity index is 2.43. The Kier molecular flexibility index (Phi) is 3.98. The molecular weight excluding hydrogens is 330 g/mol. The number of hydrogen-bond donors (Lipinski definition) is 2. The second-order valence-corrected chi connectivity index (χ2v) is 6.08. The van der Waals surface area contributed by atoms with Crippen LogP contribution in [-0.4, -0.2) is 18.4 Å². The van der Waals surface area contributed by atoms with Crippen LogP contribution in [0.1, 0.15) is 0 Å². The van der Waals surface area contributed by atoms with Crippen molar-refractivity contribution in [2.24, 2.45) is 0 Å². The highest BCUT2D eigenvalue weighted by Gasteiger charge is 2.21. The molecule has 1 heterocycles. The quantitative estimate of drug-likeness (QED) is 0.662. The van der Waals surface area contributed by atoms with Crippen molar-refractivity contribution in [3.05, 3.63) is 40.5 Å². The van der Waals surface area contributed by atoms with Crippen LogP contribution in [-0.2, 0) is 10.0 Å². The van der Waals surface area contributed by atoms with E-state index in [1.165, 1.54) is 6.07 Å². The maximum atomic E-state index is 13.2. The fraction of sp³-hybridized carbons (Fsp3) is 0. The summed E-state index contributed by atoms with van der Waals surface area (Å²) in [6.07, 6.45) is 1.08. The number of anilines is 2. The van der Waals surface area contributed by atoms with E-state index in [1.807, 2.05) is 0 Å². The summed E-state index contributed by atoms with van der Waals surface area (Å²) < 4.78 is 39.5. The SMILES string of the molecule is Nc1cc(S(=O)(=O)Nc2cc(Cl)ncn2)c(Cl)cc1F. The van der Waals surface area contributed by atoms with Gasteiger partial charge in [-0.2, -0.15) is 0 Å². The van der Waals surface area contributed by atoms with Gasteiger partial charge in [0, 0.05) is 6.07 Å². The Bertz CT molecular complexity index is 770. The van der Waals surface area contributed by atoms with E-state index in [4.69, 9.17) is 28.9 Å². The van der Waals surface area contributed by atoms with Crippen LogP contribution in [0.4, 0.5) is 15.9 Å². The van der Waals surface area contributed by atoms with Gasteiger partial charge >= 0.3 is 0 Å². The Labute approximate surface area is 123 Å². The van der Waals surface area contributed by atoms with E-state index in [0.29, 0.717) is 0 Å². The summed E-state index contributed by atoms with van der Waals surface area (Å²) in [5.41, 5.74) is 4.99. The highest BCUT2D eigenvalue weighted by molar-refractivity contribution is 7.92. The largest absolute Gasteiger partial charge is 0.396 e. The Morgan fingerprint density at radius 1 is 1.20 bits per heavy atom. The zero-order valence-electron chi connectivity index (χ0n) is 9.64. The third-order valence-electron chi connectivity index (χ3n) is 2.21. The summed E-state index contributed by atoms with van der Waals surface area (Å²) in [6.45, 7) is 0. The maximum Gasteiger partial charge on any atom is 0.264 e. The minimum Gasteiger partial charge on any atom is -0.396 e. The number of sulfonamides is 1. The molecule has 0 spiro atoms. The van der Waals surface area contributed by atoms with Crippen molar-refractivity contribution in [1.82, 2.24) is 9.97 Å². The highest BCUT2D eigenvalue weighted by Crippen LogP contribution is 2.27. The molecule has 0 saturated heterocycles. The first-order chi connectivity index (χ1) is 9.29. The summed E-state index contributed by atoms with van der Waals surface area (Å²) in [5.74, 6) is -0.858. The van der Waals surface area contributed by atoms with Crippen molar-refractivity contribution >= 4 is 44.7 Å². The number of nitrogen functional groups attached to an aromatic ring is 1. The predicted octanol–water partition coefficient (Wildman–Crippen LogP) is 2.31. The number of benzene rings is 1. The fourth-order valence-corrected chi connectivity index (χ4v) is 3.03. The lowest BCUT2D eigenvalue weighted by Crippen LogP contribution is -2.15. The average Bonchev–Trinajstić information content (AvgIpc) is 2.33. The van der Waals surface area contributed by atoms with E-state index in [9.17, 15) is 12.8 Å². The predicted molar refractivity (Wildman–Crippen MR) is 73.7 cm³/mol.